The Morgan fingerprint density at radius 3 is 2.12 bits per heavy atom. The van der Waals surface area contributed by atoms with Crippen molar-refractivity contribution in [3.63, 3.8) is 0 Å². The molecule has 92 valence electrons. The van der Waals surface area contributed by atoms with Crippen LogP contribution in [0.3, 0.4) is 0 Å². The third-order valence-corrected chi connectivity index (χ3v) is 2.59. The van der Waals surface area contributed by atoms with Crippen LogP contribution in [0.2, 0.25) is 0 Å². The minimum Gasteiger partial charge on any atom is -0.496 e. The maximum Gasteiger partial charge on any atom is 0.124 e. The predicted octanol–water partition coefficient (Wildman–Crippen LogP) is 2.08. The van der Waals surface area contributed by atoms with E-state index in [0.717, 1.165) is 28.9 Å². The van der Waals surface area contributed by atoms with Gasteiger partial charge in [-0.25, -0.2) is 0 Å². The Morgan fingerprint density at radius 1 is 1.25 bits per heavy atom. The highest BCUT2D eigenvalue weighted by Crippen LogP contribution is 2.27. The van der Waals surface area contributed by atoms with E-state index in [1.165, 1.54) is 0 Å². The van der Waals surface area contributed by atoms with Crippen molar-refractivity contribution in [3.05, 3.63) is 28.8 Å². The molecule has 4 heteroatoms. The van der Waals surface area contributed by atoms with Crippen molar-refractivity contribution in [1.82, 2.24) is 0 Å². The summed E-state index contributed by atoms with van der Waals surface area (Å²) in [4.78, 5) is 0. The quantitative estimate of drug-likeness (QED) is 0.853. The van der Waals surface area contributed by atoms with Crippen LogP contribution in [0.1, 0.15) is 29.2 Å². The van der Waals surface area contributed by atoms with Gasteiger partial charge >= 0.3 is 0 Å². The van der Waals surface area contributed by atoms with E-state index in [9.17, 15) is 0 Å². The van der Waals surface area contributed by atoms with Crippen molar-refractivity contribution in [3.8, 4) is 5.75 Å². The lowest BCUT2D eigenvalue weighted by Crippen LogP contribution is -2.15. The lowest BCUT2D eigenvalue weighted by molar-refractivity contribution is 0.408. The fourth-order valence-electron chi connectivity index (χ4n) is 1.87. The summed E-state index contributed by atoms with van der Waals surface area (Å²) in [7, 11) is 1.69. The van der Waals surface area contributed by atoms with E-state index in [0.29, 0.717) is 6.54 Å². The molecule has 1 rings (SSSR count). The molecule has 0 bridgehead atoms. The number of aryl methyl sites for hydroxylation is 2. The first-order chi connectivity index (χ1) is 7.10. The minimum absolute atomic E-state index is 0. The van der Waals surface area contributed by atoms with Gasteiger partial charge in [0.2, 0.25) is 0 Å². The molecule has 0 aliphatic rings. The van der Waals surface area contributed by atoms with Gasteiger partial charge in [0.1, 0.15) is 5.75 Å². The Hall–Kier alpha value is -0.770. The van der Waals surface area contributed by atoms with Gasteiger partial charge in [-0.05, 0) is 43.5 Å². The van der Waals surface area contributed by atoms with E-state index in [1.807, 2.05) is 13.8 Å². The van der Waals surface area contributed by atoms with Crippen molar-refractivity contribution in [2.75, 3.05) is 13.7 Å². The zero-order chi connectivity index (χ0) is 11.4. The molecule has 1 aromatic rings. The molecular weight excluding hydrogens is 224 g/mol. The topological polar surface area (TPSA) is 61.3 Å². The van der Waals surface area contributed by atoms with Gasteiger partial charge in [0, 0.05) is 6.04 Å². The Labute approximate surface area is 104 Å². The number of halogens is 1. The average Bonchev–Trinajstić information content (AvgIpc) is 2.17. The first kappa shape index (κ1) is 15.2. The van der Waals surface area contributed by atoms with Gasteiger partial charge in [0.05, 0.1) is 7.11 Å². The highest BCUT2D eigenvalue weighted by molar-refractivity contribution is 5.85. The van der Waals surface area contributed by atoms with E-state index in [4.69, 9.17) is 16.2 Å². The fraction of sp³-hybridized carbons (Fsp3) is 0.500. The molecule has 3 nitrogen and oxygen atoms in total. The first-order valence-electron chi connectivity index (χ1n) is 5.21. The normalized spacial score (nSPS) is 11.8. The van der Waals surface area contributed by atoms with E-state index >= 15 is 0 Å². The summed E-state index contributed by atoms with van der Waals surface area (Å²) in [6, 6.07) is 4.18. The summed E-state index contributed by atoms with van der Waals surface area (Å²) in [5.74, 6) is 0.943. The lowest BCUT2D eigenvalue weighted by atomic mass is 9.99. The second-order valence-electron chi connectivity index (χ2n) is 3.87. The van der Waals surface area contributed by atoms with Crippen LogP contribution >= 0.6 is 12.4 Å². The molecule has 0 unspecified atom stereocenters. The first-order valence-corrected chi connectivity index (χ1v) is 5.21. The SMILES string of the molecule is COc1c(C)cc([C@@H](N)CCN)cc1C.Cl. The van der Waals surface area contributed by atoms with E-state index in [-0.39, 0.29) is 18.4 Å². The minimum atomic E-state index is 0. The molecule has 4 N–H and O–H groups in total. The average molecular weight is 245 g/mol. The van der Waals surface area contributed by atoms with Crippen molar-refractivity contribution >= 4 is 12.4 Å². The third-order valence-electron chi connectivity index (χ3n) is 2.59. The van der Waals surface area contributed by atoms with Gasteiger partial charge in [-0.3, -0.25) is 0 Å². The second kappa shape index (κ2) is 6.74. The van der Waals surface area contributed by atoms with Crippen LogP contribution in [0, 0.1) is 13.8 Å². The fourth-order valence-corrected chi connectivity index (χ4v) is 1.87. The zero-order valence-corrected chi connectivity index (χ0v) is 10.9. The largest absolute Gasteiger partial charge is 0.496 e. The summed E-state index contributed by atoms with van der Waals surface area (Å²) in [6.07, 6.45) is 0.811. The molecule has 0 aromatic heterocycles. The summed E-state index contributed by atoms with van der Waals surface area (Å²) in [5, 5.41) is 0. The lowest BCUT2D eigenvalue weighted by Gasteiger charge is -2.15. The van der Waals surface area contributed by atoms with Gasteiger partial charge in [0.15, 0.2) is 0 Å². The maximum atomic E-state index is 6.01. The number of rotatable bonds is 4. The summed E-state index contributed by atoms with van der Waals surface area (Å²) in [5.41, 5.74) is 14.9. The Kier molecular flexibility index (Phi) is 6.41. The maximum absolute atomic E-state index is 6.01. The number of nitrogens with two attached hydrogens (primary N) is 2. The van der Waals surface area contributed by atoms with Crippen molar-refractivity contribution < 1.29 is 4.74 Å². The second-order valence-corrected chi connectivity index (χ2v) is 3.87. The van der Waals surface area contributed by atoms with Crippen molar-refractivity contribution in [2.45, 2.75) is 26.3 Å². The van der Waals surface area contributed by atoms with Crippen molar-refractivity contribution in [1.29, 1.82) is 0 Å². The molecule has 0 saturated heterocycles. The highest BCUT2D eigenvalue weighted by atomic mass is 35.5. The van der Waals surface area contributed by atoms with Crippen LogP contribution in [-0.4, -0.2) is 13.7 Å². The Bertz CT molecular complexity index is 319. The van der Waals surface area contributed by atoms with E-state index in [2.05, 4.69) is 12.1 Å². The molecule has 0 heterocycles. The van der Waals surface area contributed by atoms with E-state index in [1.54, 1.807) is 7.11 Å². The van der Waals surface area contributed by atoms with Gasteiger partial charge in [-0.15, -0.1) is 12.4 Å². The van der Waals surface area contributed by atoms with Crippen LogP contribution in [0.15, 0.2) is 12.1 Å². The Morgan fingerprint density at radius 2 is 1.75 bits per heavy atom. The van der Waals surface area contributed by atoms with Crippen LogP contribution < -0.4 is 16.2 Å². The smallest absolute Gasteiger partial charge is 0.124 e. The molecule has 1 atom stereocenters. The summed E-state index contributed by atoms with van der Waals surface area (Å²) < 4.78 is 5.30. The summed E-state index contributed by atoms with van der Waals surface area (Å²) >= 11 is 0. The standard InChI is InChI=1S/C12H20N2O.ClH/c1-8-6-10(11(14)4-5-13)7-9(2)12(8)15-3;/h6-7,11H,4-5,13-14H2,1-3H3;1H/t11-;/m0./s1. The molecule has 0 aliphatic carbocycles. The predicted molar refractivity (Wildman–Crippen MR) is 70.3 cm³/mol. The molecule has 0 spiro atoms. The van der Waals surface area contributed by atoms with E-state index < -0.39 is 0 Å². The number of hydrogen-bond acceptors (Lipinski definition) is 3. The third kappa shape index (κ3) is 3.37. The molecule has 16 heavy (non-hydrogen) atoms. The molecular formula is C12H21ClN2O. The molecule has 0 aliphatic heterocycles. The molecule has 0 saturated carbocycles. The number of methoxy groups -OCH3 is 1. The number of hydrogen-bond donors (Lipinski definition) is 2. The van der Waals surface area contributed by atoms with Crippen molar-refractivity contribution in [2.24, 2.45) is 11.5 Å². The summed E-state index contributed by atoms with van der Waals surface area (Å²) in [6.45, 7) is 4.68. The number of ether oxygens (including phenoxy) is 1. The highest BCUT2D eigenvalue weighted by Gasteiger charge is 2.10. The van der Waals surface area contributed by atoms with Gasteiger partial charge in [-0.2, -0.15) is 0 Å². The molecule has 0 amide bonds. The van der Waals surface area contributed by atoms with Crippen LogP contribution in [-0.2, 0) is 0 Å². The van der Waals surface area contributed by atoms with Gasteiger partial charge < -0.3 is 16.2 Å². The molecule has 0 fully saturated rings. The molecule has 1 aromatic carbocycles. The van der Waals surface area contributed by atoms with Crippen LogP contribution in [0.5, 0.6) is 5.75 Å². The van der Waals surface area contributed by atoms with Gasteiger partial charge in [-0.1, -0.05) is 12.1 Å². The number of benzene rings is 1. The van der Waals surface area contributed by atoms with Crippen LogP contribution in [0.4, 0.5) is 0 Å². The monoisotopic (exact) mass is 244 g/mol. The van der Waals surface area contributed by atoms with Gasteiger partial charge in [0.25, 0.3) is 0 Å². The molecule has 0 radical (unpaired) electrons. The Balaban J connectivity index is 0.00000225. The zero-order valence-electron chi connectivity index (χ0n) is 10.1. The van der Waals surface area contributed by atoms with Crippen LogP contribution in [0.25, 0.3) is 0 Å².